The Hall–Kier alpha value is -2.15. The minimum Gasteiger partial charge on any atom is -0.355 e. The molecule has 0 saturated heterocycles. The minimum atomic E-state index is -0.339. The van der Waals surface area contributed by atoms with Gasteiger partial charge in [-0.3, -0.25) is 9.59 Å². The van der Waals surface area contributed by atoms with E-state index in [4.69, 9.17) is 5.84 Å². The number of rotatable bonds is 6. The van der Waals surface area contributed by atoms with Crippen LogP contribution in [0.15, 0.2) is 12.1 Å². The molecule has 0 bridgehead atoms. The molecule has 1 aromatic rings. The van der Waals surface area contributed by atoms with Crippen molar-refractivity contribution in [1.29, 1.82) is 0 Å². The zero-order valence-corrected chi connectivity index (χ0v) is 11.1. The molecule has 0 aromatic carbocycles. The van der Waals surface area contributed by atoms with Crippen LogP contribution in [0.25, 0.3) is 0 Å². The fourth-order valence-corrected chi connectivity index (χ4v) is 1.46. The summed E-state index contributed by atoms with van der Waals surface area (Å²) in [6.07, 6.45) is 0.856. The van der Waals surface area contributed by atoms with Gasteiger partial charge in [0.2, 0.25) is 5.91 Å². The van der Waals surface area contributed by atoms with Crippen molar-refractivity contribution < 1.29 is 9.59 Å². The molecule has 0 fully saturated rings. The van der Waals surface area contributed by atoms with Gasteiger partial charge < -0.3 is 16.1 Å². The average molecular weight is 265 g/mol. The van der Waals surface area contributed by atoms with Crippen molar-refractivity contribution in [2.75, 3.05) is 18.5 Å². The molecule has 0 atom stereocenters. The second-order valence-electron chi connectivity index (χ2n) is 4.06. The van der Waals surface area contributed by atoms with Gasteiger partial charge in [0, 0.05) is 17.8 Å². The second-order valence-corrected chi connectivity index (χ2v) is 4.06. The van der Waals surface area contributed by atoms with E-state index >= 15 is 0 Å². The van der Waals surface area contributed by atoms with Crippen LogP contribution >= 0.6 is 0 Å². The highest BCUT2D eigenvalue weighted by molar-refractivity contribution is 5.97. The number of hydrogen-bond donors (Lipinski definition) is 4. The van der Waals surface area contributed by atoms with Gasteiger partial charge in [0.05, 0.1) is 6.54 Å². The fourth-order valence-electron chi connectivity index (χ4n) is 1.46. The molecule has 7 heteroatoms. The molecule has 104 valence electrons. The number of nitrogens with zero attached hydrogens (tertiary/aromatic N) is 1. The monoisotopic (exact) mass is 265 g/mol. The van der Waals surface area contributed by atoms with Gasteiger partial charge >= 0.3 is 0 Å². The zero-order chi connectivity index (χ0) is 14.3. The Morgan fingerprint density at radius 2 is 2.05 bits per heavy atom. The van der Waals surface area contributed by atoms with Gasteiger partial charge in [-0.15, -0.1) is 0 Å². The molecule has 1 heterocycles. The van der Waals surface area contributed by atoms with Crippen molar-refractivity contribution >= 4 is 17.6 Å². The molecule has 1 rings (SSSR count). The maximum atomic E-state index is 11.9. The first-order valence-corrected chi connectivity index (χ1v) is 6.07. The number of aromatic nitrogens is 1. The largest absolute Gasteiger partial charge is 0.355 e. The Labute approximate surface area is 111 Å². The smallest absolute Gasteiger partial charge is 0.251 e. The predicted octanol–water partition coefficient (Wildman–Crippen LogP) is -0.0684. The van der Waals surface area contributed by atoms with Gasteiger partial charge in [-0.05, 0) is 25.5 Å². The number of nitrogens with two attached hydrogens (primary N) is 1. The summed E-state index contributed by atoms with van der Waals surface area (Å²) < 4.78 is 0. The molecular weight excluding hydrogens is 246 g/mol. The van der Waals surface area contributed by atoms with Crippen LogP contribution in [0.1, 0.15) is 29.4 Å². The number of aryl methyl sites for hydroxylation is 1. The van der Waals surface area contributed by atoms with Gasteiger partial charge in [0.25, 0.3) is 5.91 Å². The lowest BCUT2D eigenvalue weighted by molar-refractivity contribution is -0.120. The average Bonchev–Trinajstić information content (AvgIpc) is 2.41. The van der Waals surface area contributed by atoms with Crippen LogP contribution in [-0.4, -0.2) is 29.9 Å². The highest BCUT2D eigenvalue weighted by atomic mass is 16.2. The lowest BCUT2D eigenvalue weighted by Gasteiger charge is -2.08. The molecule has 0 spiro atoms. The van der Waals surface area contributed by atoms with E-state index in [1.165, 1.54) is 6.07 Å². The normalized spacial score (nSPS) is 9.84. The molecule has 0 saturated carbocycles. The Morgan fingerprint density at radius 1 is 1.32 bits per heavy atom. The number of hydrazine groups is 1. The third kappa shape index (κ3) is 4.92. The minimum absolute atomic E-state index is 0.0500. The standard InChI is InChI=1S/C12H19N5O2/c1-3-4-14-11(18)7-15-12(19)9-5-8(2)16-10(6-9)17-13/h5-6H,3-4,7,13H2,1-2H3,(H,14,18)(H,15,19)(H,16,17). The summed E-state index contributed by atoms with van der Waals surface area (Å²) in [5, 5.41) is 5.21. The van der Waals surface area contributed by atoms with Crippen molar-refractivity contribution in [3.63, 3.8) is 0 Å². The Bertz CT molecular complexity index is 461. The third-order valence-electron chi connectivity index (χ3n) is 2.35. The Kier molecular flexibility index (Phi) is 5.74. The SMILES string of the molecule is CCCNC(=O)CNC(=O)c1cc(C)nc(NN)c1. The van der Waals surface area contributed by atoms with E-state index in [0.29, 0.717) is 23.6 Å². The van der Waals surface area contributed by atoms with Crippen molar-refractivity contribution in [3.8, 4) is 0 Å². The van der Waals surface area contributed by atoms with Gasteiger partial charge in [-0.1, -0.05) is 6.92 Å². The highest BCUT2D eigenvalue weighted by Gasteiger charge is 2.09. The van der Waals surface area contributed by atoms with Crippen molar-refractivity contribution in [1.82, 2.24) is 15.6 Å². The van der Waals surface area contributed by atoms with E-state index in [-0.39, 0.29) is 18.4 Å². The lowest BCUT2D eigenvalue weighted by atomic mass is 10.2. The van der Waals surface area contributed by atoms with E-state index in [1.807, 2.05) is 6.92 Å². The molecule has 0 aliphatic rings. The highest BCUT2D eigenvalue weighted by Crippen LogP contribution is 2.08. The summed E-state index contributed by atoms with van der Waals surface area (Å²) in [5.41, 5.74) is 3.45. The van der Waals surface area contributed by atoms with E-state index in [1.54, 1.807) is 13.0 Å². The first kappa shape index (κ1) is 14.9. The summed E-state index contributed by atoms with van der Waals surface area (Å²) in [4.78, 5) is 27.3. The number of nitrogens with one attached hydrogen (secondary N) is 3. The number of carbonyl (C=O) groups excluding carboxylic acids is 2. The first-order valence-electron chi connectivity index (χ1n) is 6.07. The van der Waals surface area contributed by atoms with Gasteiger partial charge in [0.15, 0.2) is 0 Å². The number of hydrogen-bond acceptors (Lipinski definition) is 5. The van der Waals surface area contributed by atoms with Gasteiger partial charge in [-0.2, -0.15) is 0 Å². The van der Waals surface area contributed by atoms with Crippen molar-refractivity contribution in [2.24, 2.45) is 5.84 Å². The Balaban J connectivity index is 2.58. The molecule has 2 amide bonds. The fraction of sp³-hybridized carbons (Fsp3) is 0.417. The summed E-state index contributed by atoms with van der Waals surface area (Å²) >= 11 is 0. The molecule has 1 aromatic heterocycles. The molecular formula is C12H19N5O2. The predicted molar refractivity (Wildman–Crippen MR) is 72.4 cm³/mol. The van der Waals surface area contributed by atoms with E-state index in [2.05, 4.69) is 21.0 Å². The van der Waals surface area contributed by atoms with Crippen LogP contribution in [0.2, 0.25) is 0 Å². The van der Waals surface area contributed by atoms with Gasteiger partial charge in [0.1, 0.15) is 5.82 Å². The zero-order valence-electron chi connectivity index (χ0n) is 11.1. The van der Waals surface area contributed by atoms with Crippen LogP contribution in [0, 0.1) is 6.92 Å². The van der Waals surface area contributed by atoms with Crippen LogP contribution in [0.5, 0.6) is 0 Å². The maximum absolute atomic E-state index is 11.9. The summed E-state index contributed by atoms with van der Waals surface area (Å²) in [6, 6.07) is 3.15. The van der Waals surface area contributed by atoms with Crippen molar-refractivity contribution in [3.05, 3.63) is 23.4 Å². The van der Waals surface area contributed by atoms with Crippen LogP contribution in [0.4, 0.5) is 5.82 Å². The summed E-state index contributed by atoms with van der Waals surface area (Å²) in [7, 11) is 0. The van der Waals surface area contributed by atoms with Crippen LogP contribution in [-0.2, 0) is 4.79 Å². The van der Waals surface area contributed by atoms with E-state index < -0.39 is 0 Å². The number of nitrogen functional groups attached to an aromatic ring is 1. The third-order valence-corrected chi connectivity index (χ3v) is 2.35. The quantitative estimate of drug-likeness (QED) is 0.425. The molecule has 0 unspecified atom stereocenters. The van der Waals surface area contributed by atoms with E-state index in [9.17, 15) is 9.59 Å². The van der Waals surface area contributed by atoms with Gasteiger partial charge in [-0.25, -0.2) is 10.8 Å². The number of amides is 2. The number of pyridine rings is 1. The number of anilines is 1. The topological polar surface area (TPSA) is 109 Å². The second kappa shape index (κ2) is 7.32. The van der Waals surface area contributed by atoms with E-state index in [0.717, 1.165) is 6.42 Å². The van der Waals surface area contributed by atoms with Crippen LogP contribution < -0.4 is 21.9 Å². The molecule has 0 aliphatic heterocycles. The molecule has 19 heavy (non-hydrogen) atoms. The molecule has 0 aliphatic carbocycles. The molecule has 7 nitrogen and oxygen atoms in total. The molecule has 0 radical (unpaired) electrons. The molecule has 5 N–H and O–H groups in total. The summed E-state index contributed by atoms with van der Waals surface area (Å²) in [6.45, 7) is 4.27. The first-order chi connectivity index (χ1) is 9.06. The Morgan fingerprint density at radius 3 is 2.68 bits per heavy atom. The summed E-state index contributed by atoms with van der Waals surface area (Å²) in [5.74, 6) is 5.11. The lowest BCUT2D eigenvalue weighted by Crippen LogP contribution is -2.37. The van der Waals surface area contributed by atoms with Crippen molar-refractivity contribution in [2.45, 2.75) is 20.3 Å². The van der Waals surface area contributed by atoms with Crippen LogP contribution in [0.3, 0.4) is 0 Å². The maximum Gasteiger partial charge on any atom is 0.251 e. The number of carbonyl (C=O) groups is 2.